The number of thiazole rings is 1. The van der Waals surface area contributed by atoms with Gasteiger partial charge in [-0.25, -0.2) is 4.98 Å². The molecule has 0 unspecified atom stereocenters. The third kappa shape index (κ3) is 3.76. The third-order valence-corrected chi connectivity index (χ3v) is 4.89. The molecule has 2 aromatic carbocycles. The van der Waals surface area contributed by atoms with Crippen molar-refractivity contribution in [3.8, 4) is 27.9 Å². The van der Waals surface area contributed by atoms with Gasteiger partial charge in [0, 0.05) is 24.7 Å². The molecule has 3 aromatic rings. The summed E-state index contributed by atoms with van der Waals surface area (Å²) in [5, 5.41) is 9.57. The van der Waals surface area contributed by atoms with E-state index in [1.807, 2.05) is 60.7 Å². The quantitative estimate of drug-likeness (QED) is 0.684. The number of amides is 1. The van der Waals surface area contributed by atoms with Crippen molar-refractivity contribution in [1.82, 2.24) is 9.88 Å². The van der Waals surface area contributed by atoms with Gasteiger partial charge in [0.05, 0.1) is 18.2 Å². The van der Waals surface area contributed by atoms with E-state index in [1.54, 1.807) is 11.9 Å². The van der Waals surface area contributed by atoms with E-state index < -0.39 is 0 Å². The lowest BCUT2D eigenvalue weighted by molar-refractivity contribution is 0.0803. The predicted molar refractivity (Wildman–Crippen MR) is 100 cm³/mol. The number of aromatic nitrogens is 1. The maximum absolute atomic E-state index is 12.9. The zero-order valence-corrected chi connectivity index (χ0v) is 14.7. The summed E-state index contributed by atoms with van der Waals surface area (Å²) in [5.74, 6) is -0.103. The molecule has 5 heteroatoms. The summed E-state index contributed by atoms with van der Waals surface area (Å²) in [6.45, 7) is 0.405. The lowest BCUT2D eigenvalue weighted by atomic mass is 10.1. The predicted octanol–water partition coefficient (Wildman–Crippen LogP) is 4.46. The van der Waals surface area contributed by atoms with Crippen LogP contribution in [0.5, 0.6) is 0 Å². The SMILES string of the molecule is CN(CCC#N)C(=O)c1sc(-c2ccccc2)nc1-c1ccccc1. The zero-order valence-electron chi connectivity index (χ0n) is 13.8. The fourth-order valence-electron chi connectivity index (χ4n) is 2.45. The van der Waals surface area contributed by atoms with Crippen LogP contribution in [0, 0.1) is 11.3 Å². The monoisotopic (exact) mass is 347 g/mol. The van der Waals surface area contributed by atoms with E-state index in [9.17, 15) is 4.79 Å². The number of nitriles is 1. The molecule has 0 radical (unpaired) electrons. The third-order valence-electron chi connectivity index (χ3n) is 3.80. The van der Waals surface area contributed by atoms with E-state index >= 15 is 0 Å². The van der Waals surface area contributed by atoms with Gasteiger partial charge >= 0.3 is 0 Å². The van der Waals surface area contributed by atoms with Gasteiger partial charge in [-0.05, 0) is 0 Å². The number of hydrogen-bond donors (Lipinski definition) is 0. The van der Waals surface area contributed by atoms with Gasteiger partial charge in [0.2, 0.25) is 0 Å². The van der Waals surface area contributed by atoms with E-state index in [4.69, 9.17) is 10.2 Å². The highest BCUT2D eigenvalue weighted by atomic mass is 32.1. The molecule has 0 bridgehead atoms. The molecule has 1 amide bonds. The first-order valence-corrected chi connectivity index (χ1v) is 8.76. The first-order chi connectivity index (χ1) is 12.2. The molecule has 4 nitrogen and oxygen atoms in total. The second-order valence-corrected chi connectivity index (χ2v) is 6.56. The number of nitrogens with zero attached hydrogens (tertiary/aromatic N) is 3. The largest absolute Gasteiger partial charge is 0.340 e. The van der Waals surface area contributed by atoms with Crippen LogP contribution in [0.2, 0.25) is 0 Å². The maximum Gasteiger partial charge on any atom is 0.266 e. The summed E-state index contributed by atoms with van der Waals surface area (Å²) in [6.07, 6.45) is 0.313. The number of carbonyl (C=O) groups excluding carboxylic acids is 1. The summed E-state index contributed by atoms with van der Waals surface area (Å²) in [4.78, 5) is 19.8. The minimum absolute atomic E-state index is 0.103. The normalized spacial score (nSPS) is 10.2. The Kier molecular flexibility index (Phi) is 5.22. The van der Waals surface area contributed by atoms with Crippen LogP contribution in [-0.2, 0) is 0 Å². The van der Waals surface area contributed by atoms with Crippen molar-refractivity contribution >= 4 is 17.2 Å². The average Bonchev–Trinajstić information content (AvgIpc) is 3.12. The molecule has 3 rings (SSSR count). The van der Waals surface area contributed by atoms with Crippen molar-refractivity contribution in [2.45, 2.75) is 6.42 Å². The van der Waals surface area contributed by atoms with Gasteiger partial charge < -0.3 is 4.90 Å². The Labute approximate surface area is 151 Å². The Hall–Kier alpha value is -2.97. The van der Waals surface area contributed by atoms with E-state index in [-0.39, 0.29) is 5.91 Å². The molecule has 25 heavy (non-hydrogen) atoms. The Morgan fingerprint density at radius 2 is 1.68 bits per heavy atom. The molecule has 0 atom stereocenters. The van der Waals surface area contributed by atoms with Crippen molar-refractivity contribution in [2.24, 2.45) is 0 Å². The number of hydrogen-bond acceptors (Lipinski definition) is 4. The Bertz CT molecular complexity index is 898. The van der Waals surface area contributed by atoms with E-state index in [1.165, 1.54) is 11.3 Å². The molecule has 1 aromatic heterocycles. The van der Waals surface area contributed by atoms with E-state index in [0.717, 1.165) is 16.1 Å². The molecule has 0 fully saturated rings. The maximum atomic E-state index is 12.9. The van der Waals surface area contributed by atoms with Crippen LogP contribution in [0.15, 0.2) is 60.7 Å². The van der Waals surface area contributed by atoms with Gasteiger partial charge in [0.15, 0.2) is 0 Å². The highest BCUT2D eigenvalue weighted by Gasteiger charge is 2.22. The molecule has 0 saturated heterocycles. The first-order valence-electron chi connectivity index (χ1n) is 7.95. The highest BCUT2D eigenvalue weighted by Crippen LogP contribution is 2.34. The molecule has 0 spiro atoms. The Balaban J connectivity index is 2.05. The lowest BCUT2D eigenvalue weighted by Gasteiger charge is -2.14. The van der Waals surface area contributed by atoms with Gasteiger partial charge in [-0.2, -0.15) is 5.26 Å². The second kappa shape index (κ2) is 7.73. The van der Waals surface area contributed by atoms with Crippen LogP contribution in [0.25, 0.3) is 21.8 Å². The molecular formula is C20H17N3OS. The van der Waals surface area contributed by atoms with Crippen LogP contribution < -0.4 is 0 Å². The summed E-state index contributed by atoms with van der Waals surface area (Å²) in [6, 6.07) is 21.6. The zero-order chi connectivity index (χ0) is 17.6. The van der Waals surface area contributed by atoms with Crippen LogP contribution in [-0.4, -0.2) is 29.4 Å². The summed E-state index contributed by atoms with van der Waals surface area (Å²) in [7, 11) is 1.72. The van der Waals surface area contributed by atoms with Gasteiger partial charge in [0.1, 0.15) is 9.88 Å². The van der Waals surface area contributed by atoms with Crippen LogP contribution >= 0.6 is 11.3 Å². The number of rotatable bonds is 5. The Morgan fingerprint density at radius 3 is 2.28 bits per heavy atom. The topological polar surface area (TPSA) is 57.0 Å². The van der Waals surface area contributed by atoms with Crippen molar-refractivity contribution in [1.29, 1.82) is 5.26 Å². The minimum atomic E-state index is -0.103. The highest BCUT2D eigenvalue weighted by molar-refractivity contribution is 7.17. The van der Waals surface area contributed by atoms with Gasteiger partial charge in [0.25, 0.3) is 5.91 Å². The van der Waals surface area contributed by atoms with Crippen LogP contribution in [0.1, 0.15) is 16.1 Å². The van der Waals surface area contributed by atoms with Crippen molar-refractivity contribution < 1.29 is 4.79 Å². The lowest BCUT2D eigenvalue weighted by Crippen LogP contribution is -2.27. The molecule has 0 saturated carbocycles. The molecule has 124 valence electrons. The van der Waals surface area contributed by atoms with Crippen LogP contribution in [0.4, 0.5) is 0 Å². The number of benzene rings is 2. The molecule has 0 aliphatic heterocycles. The fraction of sp³-hybridized carbons (Fsp3) is 0.150. The summed E-state index contributed by atoms with van der Waals surface area (Å²) in [5.41, 5.74) is 2.60. The van der Waals surface area contributed by atoms with Crippen molar-refractivity contribution in [3.05, 3.63) is 65.5 Å². The van der Waals surface area contributed by atoms with Crippen LogP contribution in [0.3, 0.4) is 0 Å². The standard InChI is InChI=1S/C20H17N3OS/c1-23(14-8-13-21)20(24)18-17(15-9-4-2-5-10-15)22-19(25-18)16-11-6-3-7-12-16/h2-7,9-12H,8,14H2,1H3. The van der Waals surface area contributed by atoms with E-state index in [2.05, 4.69) is 6.07 Å². The molecule has 1 heterocycles. The van der Waals surface area contributed by atoms with Gasteiger partial charge in [-0.15, -0.1) is 11.3 Å². The van der Waals surface area contributed by atoms with Gasteiger partial charge in [-0.1, -0.05) is 60.7 Å². The minimum Gasteiger partial charge on any atom is -0.340 e. The molecular weight excluding hydrogens is 330 g/mol. The Morgan fingerprint density at radius 1 is 1.08 bits per heavy atom. The smallest absolute Gasteiger partial charge is 0.266 e. The molecule has 0 aliphatic carbocycles. The fourth-order valence-corrected chi connectivity index (χ4v) is 3.54. The van der Waals surface area contributed by atoms with E-state index in [0.29, 0.717) is 23.5 Å². The average molecular weight is 347 g/mol. The van der Waals surface area contributed by atoms with Gasteiger partial charge in [-0.3, -0.25) is 4.79 Å². The van der Waals surface area contributed by atoms with Crippen molar-refractivity contribution in [2.75, 3.05) is 13.6 Å². The summed E-state index contributed by atoms with van der Waals surface area (Å²) < 4.78 is 0. The molecule has 0 N–H and O–H groups in total. The number of carbonyl (C=O) groups is 1. The first kappa shape index (κ1) is 16.9. The summed E-state index contributed by atoms with van der Waals surface area (Å²) >= 11 is 1.39. The second-order valence-electron chi connectivity index (χ2n) is 5.56. The van der Waals surface area contributed by atoms with Crippen molar-refractivity contribution in [3.63, 3.8) is 0 Å². The molecule has 0 aliphatic rings.